The van der Waals surface area contributed by atoms with Crippen LogP contribution >= 0.6 is 34.8 Å². The lowest BCUT2D eigenvalue weighted by Crippen LogP contribution is -2.29. The van der Waals surface area contributed by atoms with Crippen LogP contribution in [-0.4, -0.2) is 26.4 Å². The monoisotopic (exact) mass is 586 g/mol. The second-order valence-electron chi connectivity index (χ2n) is 8.38. The van der Waals surface area contributed by atoms with Gasteiger partial charge in [-0.25, -0.2) is 8.42 Å². The lowest BCUT2D eigenvalue weighted by molar-refractivity contribution is 0.102. The second-order valence-corrected chi connectivity index (χ2v) is 11.5. The summed E-state index contributed by atoms with van der Waals surface area (Å²) in [6, 6.07) is 24.5. The van der Waals surface area contributed by atoms with Crippen LogP contribution in [0.1, 0.15) is 31.8 Å². The second kappa shape index (κ2) is 11.6. The van der Waals surface area contributed by atoms with Crippen molar-refractivity contribution >= 4 is 67.9 Å². The number of hydrogen-bond donors (Lipinski definition) is 1. The predicted octanol–water partition coefficient (Wildman–Crippen LogP) is 7.10. The molecule has 0 heterocycles. The Morgan fingerprint density at radius 1 is 0.816 bits per heavy atom. The summed E-state index contributed by atoms with van der Waals surface area (Å²) < 4.78 is 26.2. The fourth-order valence-corrected chi connectivity index (χ4v) is 5.26. The summed E-state index contributed by atoms with van der Waals surface area (Å²) in [6.45, 7) is -0.0201. The van der Waals surface area contributed by atoms with Crippen LogP contribution < -0.4 is 9.62 Å². The Bertz CT molecular complexity index is 1610. The number of anilines is 2. The van der Waals surface area contributed by atoms with Gasteiger partial charge in [0.05, 0.1) is 34.2 Å². The minimum atomic E-state index is -3.69. The van der Waals surface area contributed by atoms with Crippen molar-refractivity contribution in [3.05, 3.63) is 128 Å². The lowest BCUT2D eigenvalue weighted by atomic mass is 10.0. The van der Waals surface area contributed by atoms with Crippen LogP contribution in [0.15, 0.2) is 91.0 Å². The molecule has 4 aromatic rings. The third kappa shape index (κ3) is 6.37. The highest BCUT2D eigenvalue weighted by molar-refractivity contribution is 7.92. The third-order valence-corrected chi connectivity index (χ3v) is 7.82. The van der Waals surface area contributed by atoms with E-state index in [0.29, 0.717) is 27.4 Å². The fraction of sp³-hybridized carbons (Fsp3) is 0.0714. The molecule has 0 unspecified atom stereocenters. The number of carbonyl (C=O) groups excluding carboxylic acids is 2. The van der Waals surface area contributed by atoms with Crippen LogP contribution in [0.25, 0.3) is 0 Å². The summed E-state index contributed by atoms with van der Waals surface area (Å²) in [5, 5.41) is 3.49. The van der Waals surface area contributed by atoms with Crippen LogP contribution in [-0.2, 0) is 16.6 Å². The normalized spacial score (nSPS) is 11.2. The van der Waals surface area contributed by atoms with Gasteiger partial charge in [-0.05, 0) is 48.0 Å². The van der Waals surface area contributed by atoms with E-state index in [-0.39, 0.29) is 33.6 Å². The van der Waals surface area contributed by atoms with Crippen molar-refractivity contribution in [2.75, 3.05) is 15.9 Å². The molecule has 0 aliphatic rings. The molecule has 10 heteroatoms. The summed E-state index contributed by atoms with van der Waals surface area (Å²) in [6.07, 6.45) is 1.08. The zero-order chi connectivity index (χ0) is 27.4. The standard InChI is InChI=1S/C28H21Cl3N2O4S/c1-38(36,37)33(25-9-5-8-23(30)26(25)31)17-18-10-12-20(13-11-18)28(35)32-24-15-14-21(29)16-22(24)27(34)19-6-3-2-4-7-19/h2-16H,17H2,1H3,(H,32,35). The summed E-state index contributed by atoms with van der Waals surface area (Å²) >= 11 is 18.5. The topological polar surface area (TPSA) is 83.6 Å². The first-order valence-electron chi connectivity index (χ1n) is 11.3. The molecule has 0 atom stereocenters. The largest absolute Gasteiger partial charge is 0.321 e. The maximum atomic E-state index is 13.0. The number of hydrogen-bond acceptors (Lipinski definition) is 4. The van der Waals surface area contributed by atoms with Crippen molar-refractivity contribution in [2.24, 2.45) is 0 Å². The van der Waals surface area contributed by atoms with Gasteiger partial charge in [-0.1, -0.05) is 83.3 Å². The fourth-order valence-electron chi connectivity index (χ4n) is 3.75. The van der Waals surface area contributed by atoms with E-state index in [1.165, 1.54) is 6.07 Å². The SMILES string of the molecule is CS(=O)(=O)N(Cc1ccc(C(=O)Nc2ccc(Cl)cc2C(=O)c2ccccc2)cc1)c1cccc(Cl)c1Cl. The molecule has 1 N–H and O–H groups in total. The molecule has 0 spiro atoms. The van der Waals surface area contributed by atoms with Crippen LogP contribution in [0.4, 0.5) is 11.4 Å². The van der Waals surface area contributed by atoms with Crippen LogP contribution in [0.2, 0.25) is 15.1 Å². The van der Waals surface area contributed by atoms with E-state index in [9.17, 15) is 18.0 Å². The first kappa shape index (κ1) is 27.7. The van der Waals surface area contributed by atoms with Gasteiger partial charge in [0.15, 0.2) is 5.78 Å². The molecule has 0 aromatic heterocycles. The Morgan fingerprint density at radius 2 is 1.50 bits per heavy atom. The number of rotatable bonds is 8. The van der Waals surface area contributed by atoms with Gasteiger partial charge in [-0.2, -0.15) is 0 Å². The molecule has 1 amide bonds. The number of carbonyl (C=O) groups is 2. The number of amides is 1. The van der Waals surface area contributed by atoms with Gasteiger partial charge in [-0.15, -0.1) is 0 Å². The molecular weight excluding hydrogens is 567 g/mol. The van der Waals surface area contributed by atoms with E-state index in [4.69, 9.17) is 34.8 Å². The first-order chi connectivity index (χ1) is 18.0. The Hall–Kier alpha value is -3.36. The van der Waals surface area contributed by atoms with Crippen molar-refractivity contribution in [1.82, 2.24) is 0 Å². The number of nitrogens with one attached hydrogen (secondary N) is 1. The average Bonchev–Trinajstić information content (AvgIpc) is 2.90. The molecule has 0 saturated heterocycles. The Kier molecular flexibility index (Phi) is 8.43. The molecule has 0 saturated carbocycles. The lowest BCUT2D eigenvalue weighted by Gasteiger charge is -2.24. The first-order valence-corrected chi connectivity index (χ1v) is 14.2. The summed E-state index contributed by atoms with van der Waals surface area (Å²) in [4.78, 5) is 26.1. The molecule has 4 aromatic carbocycles. The molecule has 0 aliphatic carbocycles. The molecule has 6 nitrogen and oxygen atoms in total. The van der Waals surface area contributed by atoms with Gasteiger partial charge in [0, 0.05) is 21.7 Å². The highest BCUT2D eigenvalue weighted by Crippen LogP contribution is 2.34. The Labute approximate surface area is 235 Å². The molecule has 0 radical (unpaired) electrons. The van der Waals surface area contributed by atoms with Gasteiger partial charge in [0.2, 0.25) is 10.0 Å². The highest BCUT2D eigenvalue weighted by Gasteiger charge is 2.22. The van der Waals surface area contributed by atoms with Gasteiger partial charge in [0.1, 0.15) is 0 Å². The van der Waals surface area contributed by atoms with Crippen LogP contribution in [0.3, 0.4) is 0 Å². The summed E-state index contributed by atoms with van der Waals surface area (Å²) in [5.74, 6) is -0.724. The number of nitrogens with zero attached hydrogens (tertiary/aromatic N) is 1. The van der Waals surface area contributed by atoms with E-state index in [2.05, 4.69) is 5.32 Å². The van der Waals surface area contributed by atoms with Gasteiger partial charge in [-0.3, -0.25) is 13.9 Å². The number of benzene rings is 4. The molecule has 0 bridgehead atoms. The maximum absolute atomic E-state index is 13.0. The molecular formula is C28H21Cl3N2O4S. The van der Waals surface area contributed by atoms with Crippen molar-refractivity contribution in [3.63, 3.8) is 0 Å². The molecule has 194 valence electrons. The molecule has 0 fully saturated rings. The summed E-state index contributed by atoms with van der Waals surface area (Å²) in [7, 11) is -3.69. The molecule has 4 rings (SSSR count). The molecule has 0 aliphatic heterocycles. The summed E-state index contributed by atoms with van der Waals surface area (Å²) in [5.41, 5.74) is 2.22. The van der Waals surface area contributed by atoms with Crippen molar-refractivity contribution < 1.29 is 18.0 Å². The Balaban J connectivity index is 1.56. The average molecular weight is 588 g/mol. The maximum Gasteiger partial charge on any atom is 0.255 e. The van der Waals surface area contributed by atoms with Crippen LogP contribution in [0.5, 0.6) is 0 Å². The number of ketones is 1. The third-order valence-electron chi connectivity index (χ3n) is 5.65. The smallest absolute Gasteiger partial charge is 0.255 e. The minimum absolute atomic E-state index is 0.0201. The van der Waals surface area contributed by atoms with Crippen molar-refractivity contribution in [3.8, 4) is 0 Å². The Morgan fingerprint density at radius 3 is 2.16 bits per heavy atom. The van der Waals surface area contributed by atoms with Crippen molar-refractivity contribution in [2.45, 2.75) is 6.54 Å². The van der Waals surface area contributed by atoms with Crippen LogP contribution in [0, 0.1) is 0 Å². The van der Waals surface area contributed by atoms with Crippen molar-refractivity contribution in [1.29, 1.82) is 0 Å². The predicted molar refractivity (Wildman–Crippen MR) is 153 cm³/mol. The zero-order valence-corrected chi connectivity index (χ0v) is 23.1. The van der Waals surface area contributed by atoms with E-state index in [1.54, 1.807) is 84.9 Å². The van der Waals surface area contributed by atoms with Gasteiger partial charge in [0.25, 0.3) is 5.91 Å². The van der Waals surface area contributed by atoms with E-state index >= 15 is 0 Å². The highest BCUT2D eigenvalue weighted by atomic mass is 35.5. The number of sulfonamides is 1. The van der Waals surface area contributed by atoms with E-state index in [0.717, 1.165) is 10.6 Å². The van der Waals surface area contributed by atoms with Gasteiger partial charge < -0.3 is 5.32 Å². The van der Waals surface area contributed by atoms with E-state index in [1.807, 2.05) is 0 Å². The molecule has 38 heavy (non-hydrogen) atoms. The number of halogens is 3. The quantitative estimate of drug-likeness (QED) is 0.223. The van der Waals surface area contributed by atoms with E-state index < -0.39 is 15.9 Å². The minimum Gasteiger partial charge on any atom is -0.321 e. The van der Waals surface area contributed by atoms with Gasteiger partial charge >= 0.3 is 0 Å². The zero-order valence-electron chi connectivity index (χ0n) is 20.0.